The molecule has 0 aromatic carbocycles. The topological polar surface area (TPSA) is 93.6 Å². The van der Waals surface area contributed by atoms with Gasteiger partial charge in [0.25, 0.3) is 0 Å². The van der Waals surface area contributed by atoms with Crippen molar-refractivity contribution in [2.45, 2.75) is 29.6 Å². The normalized spacial score (nSPS) is 10.6. The van der Waals surface area contributed by atoms with Crippen molar-refractivity contribution in [3.63, 3.8) is 0 Å². The second-order valence-corrected chi connectivity index (χ2v) is 7.01. The molecule has 1 amide bonds. The molecule has 0 aliphatic carbocycles. The summed E-state index contributed by atoms with van der Waals surface area (Å²) >= 11 is 2.71. The van der Waals surface area contributed by atoms with E-state index in [0.717, 1.165) is 22.7 Å². The second kappa shape index (κ2) is 7.45. The number of carbonyl (C=O) groups excluding carboxylic acids is 1. The van der Waals surface area contributed by atoms with E-state index >= 15 is 0 Å². The summed E-state index contributed by atoms with van der Waals surface area (Å²) in [5.41, 5.74) is 1.87. The molecule has 3 aromatic heterocycles. The number of nitrogens with zero attached hydrogens (tertiary/aromatic N) is 5. The lowest BCUT2D eigenvalue weighted by Crippen LogP contribution is -2.04. The third kappa shape index (κ3) is 4.12. The zero-order chi connectivity index (χ0) is 16.9. The summed E-state index contributed by atoms with van der Waals surface area (Å²) in [5.74, 6) is 0.490. The van der Waals surface area contributed by atoms with Crippen LogP contribution in [0.4, 0.5) is 5.13 Å². The SMILES string of the molecule is CCc1cc(Sc2nnc(NC(C)=O)s2)nc(-c2ccncc2)n1. The smallest absolute Gasteiger partial charge is 0.223 e. The van der Waals surface area contributed by atoms with Gasteiger partial charge in [0.1, 0.15) is 5.03 Å². The standard InChI is InChI=1S/C15H14N6OS2/c1-3-11-8-12(19-13(18-11)10-4-6-16-7-5-10)23-15-21-20-14(24-15)17-9(2)22/h4-8H,3H2,1-2H3,(H,17,20,22). The summed E-state index contributed by atoms with van der Waals surface area (Å²) in [6, 6.07) is 5.70. The lowest BCUT2D eigenvalue weighted by atomic mass is 10.2. The van der Waals surface area contributed by atoms with Crippen LogP contribution in [0.2, 0.25) is 0 Å². The van der Waals surface area contributed by atoms with Crippen molar-refractivity contribution in [1.82, 2.24) is 25.1 Å². The van der Waals surface area contributed by atoms with Gasteiger partial charge in [0, 0.05) is 30.6 Å². The van der Waals surface area contributed by atoms with Gasteiger partial charge in [-0.1, -0.05) is 18.3 Å². The van der Waals surface area contributed by atoms with E-state index in [1.165, 1.54) is 30.0 Å². The fourth-order valence-corrected chi connectivity index (χ4v) is 3.65. The second-order valence-electron chi connectivity index (χ2n) is 4.77. The van der Waals surface area contributed by atoms with Crippen LogP contribution < -0.4 is 5.32 Å². The Balaban J connectivity index is 1.87. The van der Waals surface area contributed by atoms with E-state index in [-0.39, 0.29) is 5.91 Å². The summed E-state index contributed by atoms with van der Waals surface area (Å²) in [6.45, 7) is 3.49. The van der Waals surface area contributed by atoms with Crippen molar-refractivity contribution in [3.8, 4) is 11.4 Å². The van der Waals surface area contributed by atoms with E-state index in [9.17, 15) is 4.79 Å². The van der Waals surface area contributed by atoms with Crippen LogP contribution in [0, 0.1) is 0 Å². The Labute approximate surface area is 147 Å². The number of aromatic nitrogens is 5. The average Bonchev–Trinajstić information content (AvgIpc) is 3.01. The highest BCUT2D eigenvalue weighted by Gasteiger charge is 2.11. The quantitative estimate of drug-likeness (QED) is 0.553. The third-order valence-electron chi connectivity index (χ3n) is 2.94. The van der Waals surface area contributed by atoms with Gasteiger partial charge in [-0.25, -0.2) is 9.97 Å². The zero-order valence-electron chi connectivity index (χ0n) is 13.1. The van der Waals surface area contributed by atoms with Gasteiger partial charge in [-0.05, 0) is 36.4 Å². The lowest BCUT2D eigenvalue weighted by molar-refractivity contribution is -0.114. The molecular weight excluding hydrogens is 344 g/mol. The number of hydrogen-bond acceptors (Lipinski definition) is 8. The first kappa shape index (κ1) is 16.5. The van der Waals surface area contributed by atoms with Gasteiger partial charge >= 0.3 is 0 Å². The van der Waals surface area contributed by atoms with Crippen molar-refractivity contribution < 1.29 is 4.79 Å². The Kier molecular flexibility index (Phi) is 5.11. The number of nitrogens with one attached hydrogen (secondary N) is 1. The molecule has 0 saturated carbocycles. The molecule has 0 spiro atoms. The Morgan fingerprint density at radius 1 is 1.25 bits per heavy atom. The molecule has 0 unspecified atom stereocenters. The van der Waals surface area contributed by atoms with E-state index < -0.39 is 0 Å². The molecule has 0 bridgehead atoms. The molecule has 0 saturated heterocycles. The van der Waals surface area contributed by atoms with E-state index in [4.69, 9.17) is 0 Å². The lowest BCUT2D eigenvalue weighted by Gasteiger charge is -2.05. The number of rotatable bonds is 5. The van der Waals surface area contributed by atoms with Crippen molar-refractivity contribution in [3.05, 3.63) is 36.3 Å². The predicted molar refractivity (Wildman–Crippen MR) is 93.0 cm³/mol. The number of hydrogen-bond donors (Lipinski definition) is 1. The molecule has 7 nitrogen and oxygen atoms in total. The molecule has 3 rings (SSSR count). The van der Waals surface area contributed by atoms with Gasteiger partial charge in [-0.3, -0.25) is 9.78 Å². The van der Waals surface area contributed by atoms with Crippen molar-refractivity contribution in [2.24, 2.45) is 0 Å². The molecule has 0 radical (unpaired) electrons. The fourth-order valence-electron chi connectivity index (χ4n) is 1.88. The van der Waals surface area contributed by atoms with Crippen LogP contribution in [-0.2, 0) is 11.2 Å². The first-order valence-corrected chi connectivity index (χ1v) is 8.84. The van der Waals surface area contributed by atoms with E-state index in [1.54, 1.807) is 12.4 Å². The van der Waals surface area contributed by atoms with E-state index in [2.05, 4.69) is 30.5 Å². The molecular formula is C15H14N6OS2. The molecule has 0 fully saturated rings. The number of aryl methyl sites for hydroxylation is 1. The van der Waals surface area contributed by atoms with E-state index in [1.807, 2.05) is 25.1 Å². The molecule has 9 heteroatoms. The van der Waals surface area contributed by atoms with Crippen LogP contribution in [0.15, 0.2) is 40.0 Å². The summed E-state index contributed by atoms with van der Waals surface area (Å²) < 4.78 is 0.709. The summed E-state index contributed by atoms with van der Waals surface area (Å²) in [7, 11) is 0. The molecule has 0 aliphatic heterocycles. The average molecular weight is 358 g/mol. The van der Waals surface area contributed by atoms with E-state index in [0.29, 0.717) is 15.3 Å². The predicted octanol–water partition coefficient (Wildman–Crippen LogP) is 3.06. The monoisotopic (exact) mass is 358 g/mol. The Bertz CT molecular complexity index is 852. The molecule has 122 valence electrons. The van der Waals surface area contributed by atoms with Gasteiger partial charge in [0.2, 0.25) is 11.0 Å². The number of carbonyl (C=O) groups is 1. The van der Waals surface area contributed by atoms with Crippen molar-refractivity contribution in [2.75, 3.05) is 5.32 Å². The maximum atomic E-state index is 11.1. The molecule has 0 aliphatic rings. The van der Waals surface area contributed by atoms with Gasteiger partial charge in [-0.2, -0.15) is 0 Å². The van der Waals surface area contributed by atoms with Crippen LogP contribution in [0.25, 0.3) is 11.4 Å². The van der Waals surface area contributed by atoms with Crippen LogP contribution in [0.1, 0.15) is 19.5 Å². The van der Waals surface area contributed by atoms with Crippen molar-refractivity contribution >= 4 is 34.1 Å². The zero-order valence-corrected chi connectivity index (χ0v) is 14.7. The first-order valence-electron chi connectivity index (χ1n) is 7.21. The highest BCUT2D eigenvalue weighted by Crippen LogP contribution is 2.32. The maximum absolute atomic E-state index is 11.1. The molecule has 3 aromatic rings. The minimum absolute atomic E-state index is 0.169. The molecule has 24 heavy (non-hydrogen) atoms. The maximum Gasteiger partial charge on any atom is 0.223 e. The number of anilines is 1. The fraction of sp³-hybridized carbons (Fsp3) is 0.200. The number of pyridine rings is 1. The van der Waals surface area contributed by atoms with Gasteiger partial charge in [0.05, 0.1) is 0 Å². The van der Waals surface area contributed by atoms with Gasteiger partial charge in [0.15, 0.2) is 10.2 Å². The van der Waals surface area contributed by atoms with Gasteiger partial charge in [-0.15, -0.1) is 10.2 Å². The third-order valence-corrected chi connectivity index (χ3v) is 4.75. The summed E-state index contributed by atoms with van der Waals surface area (Å²) in [6.07, 6.45) is 4.24. The van der Waals surface area contributed by atoms with Gasteiger partial charge < -0.3 is 5.32 Å². The highest BCUT2D eigenvalue weighted by molar-refractivity contribution is 8.01. The first-order chi connectivity index (χ1) is 11.6. The highest BCUT2D eigenvalue weighted by atomic mass is 32.2. The molecule has 3 heterocycles. The van der Waals surface area contributed by atoms with Crippen molar-refractivity contribution in [1.29, 1.82) is 0 Å². The summed E-state index contributed by atoms with van der Waals surface area (Å²) in [5, 5.41) is 11.9. The molecule has 1 N–H and O–H groups in total. The van der Waals surface area contributed by atoms with Crippen LogP contribution in [-0.4, -0.2) is 31.1 Å². The van der Waals surface area contributed by atoms with Crippen LogP contribution >= 0.6 is 23.1 Å². The van der Waals surface area contributed by atoms with Crippen LogP contribution in [0.5, 0.6) is 0 Å². The Hall–Kier alpha value is -2.39. The largest absolute Gasteiger partial charge is 0.301 e. The minimum Gasteiger partial charge on any atom is -0.301 e. The summed E-state index contributed by atoms with van der Waals surface area (Å²) in [4.78, 5) is 24.2. The number of amides is 1. The van der Waals surface area contributed by atoms with Crippen LogP contribution in [0.3, 0.4) is 0 Å². The Morgan fingerprint density at radius 2 is 2.04 bits per heavy atom. The minimum atomic E-state index is -0.169. The Morgan fingerprint density at radius 3 is 2.75 bits per heavy atom. The molecule has 0 atom stereocenters.